The number of carbonyl (C=O) groups is 1. The van der Waals surface area contributed by atoms with Crippen LogP contribution in [0.25, 0.3) is 11.1 Å². The molecule has 130 valence electrons. The average Bonchev–Trinajstić information content (AvgIpc) is 3.25. The fourth-order valence-electron chi connectivity index (χ4n) is 3.85. The first-order valence-corrected chi connectivity index (χ1v) is 8.64. The molecule has 4 heterocycles. The van der Waals surface area contributed by atoms with Crippen molar-refractivity contribution >= 4 is 17.0 Å². The standard InChI is InChI=1S/C19H22N4O2/c1-11-7-8-16-14(20-11)10-17(25-16)19(24)23-9-5-6-15(23)18-12(2)21-22(4)13(18)3/h7-8,10,15H,5-6,9H2,1-4H3/t15-/m1/s1. The molecule has 1 amide bonds. The summed E-state index contributed by atoms with van der Waals surface area (Å²) in [5, 5.41) is 4.51. The second kappa shape index (κ2) is 5.72. The van der Waals surface area contributed by atoms with Crippen molar-refractivity contribution in [3.05, 3.63) is 46.6 Å². The fourth-order valence-corrected chi connectivity index (χ4v) is 3.85. The lowest BCUT2D eigenvalue weighted by Gasteiger charge is -2.24. The molecule has 1 fully saturated rings. The molecule has 4 rings (SSSR count). The number of carbonyl (C=O) groups excluding carboxylic acids is 1. The molecule has 1 aliphatic rings. The number of fused-ring (bicyclic) bond motifs is 1. The van der Waals surface area contributed by atoms with Gasteiger partial charge in [0.15, 0.2) is 11.3 Å². The summed E-state index contributed by atoms with van der Waals surface area (Å²) < 4.78 is 7.66. The quantitative estimate of drug-likeness (QED) is 0.718. The highest BCUT2D eigenvalue weighted by Crippen LogP contribution is 2.36. The Labute approximate surface area is 146 Å². The van der Waals surface area contributed by atoms with E-state index in [2.05, 4.69) is 17.0 Å². The molecular formula is C19H22N4O2. The average molecular weight is 338 g/mol. The smallest absolute Gasteiger partial charge is 0.290 e. The van der Waals surface area contributed by atoms with Crippen molar-refractivity contribution in [1.82, 2.24) is 19.7 Å². The molecule has 0 spiro atoms. The van der Waals surface area contributed by atoms with Gasteiger partial charge in [0.05, 0.1) is 11.7 Å². The van der Waals surface area contributed by atoms with Gasteiger partial charge in [-0.25, -0.2) is 4.98 Å². The number of hydrogen-bond acceptors (Lipinski definition) is 4. The highest BCUT2D eigenvalue weighted by Gasteiger charge is 2.35. The lowest BCUT2D eigenvalue weighted by atomic mass is 10.0. The molecule has 3 aromatic heterocycles. The molecule has 1 aliphatic heterocycles. The Morgan fingerprint density at radius 1 is 1.28 bits per heavy atom. The van der Waals surface area contributed by atoms with E-state index >= 15 is 0 Å². The van der Waals surface area contributed by atoms with Crippen LogP contribution in [0.3, 0.4) is 0 Å². The molecule has 1 saturated heterocycles. The number of furan rings is 1. The molecule has 1 atom stereocenters. The summed E-state index contributed by atoms with van der Waals surface area (Å²) in [5.41, 5.74) is 5.56. The molecule has 3 aromatic rings. The number of pyridine rings is 1. The van der Waals surface area contributed by atoms with Crippen LogP contribution in [-0.2, 0) is 7.05 Å². The van der Waals surface area contributed by atoms with E-state index in [0.29, 0.717) is 11.3 Å². The van der Waals surface area contributed by atoms with Gasteiger partial charge in [0, 0.05) is 36.6 Å². The van der Waals surface area contributed by atoms with E-state index in [-0.39, 0.29) is 11.9 Å². The van der Waals surface area contributed by atoms with Crippen molar-refractivity contribution in [1.29, 1.82) is 0 Å². The maximum absolute atomic E-state index is 13.1. The van der Waals surface area contributed by atoms with Crippen LogP contribution in [0.1, 0.15) is 52.1 Å². The minimum Gasteiger partial charge on any atom is -0.449 e. The second-order valence-corrected chi connectivity index (χ2v) is 6.81. The van der Waals surface area contributed by atoms with Crippen LogP contribution < -0.4 is 0 Å². The number of nitrogens with zero attached hydrogens (tertiary/aromatic N) is 4. The number of aryl methyl sites for hydroxylation is 3. The van der Waals surface area contributed by atoms with Crippen molar-refractivity contribution < 1.29 is 9.21 Å². The monoisotopic (exact) mass is 338 g/mol. The van der Waals surface area contributed by atoms with E-state index in [1.54, 1.807) is 6.07 Å². The van der Waals surface area contributed by atoms with E-state index in [1.807, 2.05) is 42.6 Å². The van der Waals surface area contributed by atoms with Gasteiger partial charge >= 0.3 is 0 Å². The topological polar surface area (TPSA) is 64.2 Å². The van der Waals surface area contributed by atoms with Crippen LogP contribution in [0.5, 0.6) is 0 Å². The maximum Gasteiger partial charge on any atom is 0.290 e. The van der Waals surface area contributed by atoms with Crippen molar-refractivity contribution in [2.75, 3.05) is 6.54 Å². The largest absolute Gasteiger partial charge is 0.449 e. The number of hydrogen-bond donors (Lipinski definition) is 0. The molecule has 6 heteroatoms. The predicted octanol–water partition coefficient (Wildman–Crippen LogP) is 3.46. The number of likely N-dealkylation sites (tertiary alicyclic amines) is 1. The zero-order valence-corrected chi connectivity index (χ0v) is 15.0. The Hall–Kier alpha value is -2.63. The Kier molecular flexibility index (Phi) is 3.63. The number of aromatic nitrogens is 3. The minimum absolute atomic E-state index is 0.0594. The second-order valence-electron chi connectivity index (χ2n) is 6.81. The van der Waals surface area contributed by atoms with E-state index in [0.717, 1.165) is 42.0 Å². The van der Waals surface area contributed by atoms with Crippen LogP contribution in [0.4, 0.5) is 0 Å². The Morgan fingerprint density at radius 2 is 2.08 bits per heavy atom. The third-order valence-electron chi connectivity index (χ3n) is 5.14. The SMILES string of the molecule is Cc1ccc2oc(C(=O)N3CCC[C@@H]3c3c(C)nn(C)c3C)cc2n1. The van der Waals surface area contributed by atoms with Crippen LogP contribution in [0, 0.1) is 20.8 Å². The summed E-state index contributed by atoms with van der Waals surface area (Å²) in [6.45, 7) is 6.74. The highest BCUT2D eigenvalue weighted by molar-refractivity contribution is 5.95. The van der Waals surface area contributed by atoms with E-state index in [4.69, 9.17) is 4.42 Å². The maximum atomic E-state index is 13.1. The number of amides is 1. The van der Waals surface area contributed by atoms with Gasteiger partial charge in [-0.05, 0) is 45.7 Å². The van der Waals surface area contributed by atoms with E-state index in [9.17, 15) is 4.79 Å². The van der Waals surface area contributed by atoms with Gasteiger partial charge in [0.2, 0.25) is 0 Å². The molecule has 0 unspecified atom stereocenters. The molecule has 0 saturated carbocycles. The molecular weight excluding hydrogens is 316 g/mol. The van der Waals surface area contributed by atoms with Gasteiger partial charge in [0.1, 0.15) is 5.52 Å². The third-order valence-corrected chi connectivity index (χ3v) is 5.14. The van der Waals surface area contributed by atoms with Crippen molar-refractivity contribution in [3.63, 3.8) is 0 Å². The first-order chi connectivity index (χ1) is 12.0. The van der Waals surface area contributed by atoms with Gasteiger partial charge < -0.3 is 9.32 Å². The van der Waals surface area contributed by atoms with E-state index in [1.165, 1.54) is 5.56 Å². The Bertz CT molecular complexity index is 969. The Balaban J connectivity index is 1.70. The summed E-state index contributed by atoms with van der Waals surface area (Å²) in [5.74, 6) is 0.292. The van der Waals surface area contributed by atoms with Gasteiger partial charge in [-0.3, -0.25) is 9.48 Å². The summed E-state index contributed by atoms with van der Waals surface area (Å²) in [4.78, 5) is 19.4. The van der Waals surface area contributed by atoms with Crippen LogP contribution in [0.2, 0.25) is 0 Å². The van der Waals surface area contributed by atoms with Crippen LogP contribution in [0.15, 0.2) is 22.6 Å². The van der Waals surface area contributed by atoms with Gasteiger partial charge in [-0.2, -0.15) is 5.10 Å². The molecule has 0 aliphatic carbocycles. The molecule has 6 nitrogen and oxygen atoms in total. The summed E-state index contributed by atoms with van der Waals surface area (Å²) in [6, 6.07) is 5.57. The zero-order valence-electron chi connectivity index (χ0n) is 15.0. The first-order valence-electron chi connectivity index (χ1n) is 8.64. The lowest BCUT2D eigenvalue weighted by molar-refractivity contribution is 0.0705. The molecule has 25 heavy (non-hydrogen) atoms. The molecule has 0 aromatic carbocycles. The predicted molar refractivity (Wildman–Crippen MR) is 94.4 cm³/mol. The van der Waals surface area contributed by atoms with Crippen LogP contribution >= 0.6 is 0 Å². The minimum atomic E-state index is -0.0687. The normalized spacial score (nSPS) is 17.6. The summed E-state index contributed by atoms with van der Waals surface area (Å²) in [7, 11) is 1.94. The number of rotatable bonds is 2. The van der Waals surface area contributed by atoms with Crippen LogP contribution in [-0.4, -0.2) is 32.1 Å². The molecule has 0 bridgehead atoms. The lowest BCUT2D eigenvalue weighted by Crippen LogP contribution is -2.30. The molecule has 0 N–H and O–H groups in total. The van der Waals surface area contributed by atoms with Crippen molar-refractivity contribution in [2.24, 2.45) is 7.05 Å². The first kappa shape index (κ1) is 15.9. The van der Waals surface area contributed by atoms with Gasteiger partial charge in [-0.1, -0.05) is 0 Å². The molecule has 0 radical (unpaired) electrons. The fraction of sp³-hybridized carbons (Fsp3) is 0.421. The zero-order chi connectivity index (χ0) is 17.7. The Morgan fingerprint density at radius 3 is 2.80 bits per heavy atom. The third kappa shape index (κ3) is 2.52. The summed E-state index contributed by atoms with van der Waals surface area (Å²) in [6.07, 6.45) is 1.94. The highest BCUT2D eigenvalue weighted by atomic mass is 16.3. The van der Waals surface area contributed by atoms with Crippen molar-refractivity contribution in [2.45, 2.75) is 39.7 Å². The van der Waals surface area contributed by atoms with Gasteiger partial charge in [0.25, 0.3) is 5.91 Å². The van der Waals surface area contributed by atoms with Gasteiger partial charge in [-0.15, -0.1) is 0 Å². The van der Waals surface area contributed by atoms with E-state index < -0.39 is 0 Å². The van der Waals surface area contributed by atoms with Crippen molar-refractivity contribution in [3.8, 4) is 0 Å². The summed E-state index contributed by atoms with van der Waals surface area (Å²) >= 11 is 0.